The van der Waals surface area contributed by atoms with Crippen molar-refractivity contribution < 1.29 is 4.39 Å². The molecule has 4 heterocycles. The molecule has 0 atom stereocenters. The predicted molar refractivity (Wildman–Crippen MR) is 98.6 cm³/mol. The van der Waals surface area contributed by atoms with Gasteiger partial charge in [0.1, 0.15) is 11.6 Å². The van der Waals surface area contributed by atoms with E-state index in [1.54, 1.807) is 12.3 Å². The molecule has 0 amide bonds. The summed E-state index contributed by atoms with van der Waals surface area (Å²) in [4.78, 5) is 8.72. The molecule has 2 aliphatic heterocycles. The Balaban J connectivity index is 1.44. The third-order valence-corrected chi connectivity index (χ3v) is 5.63. The first-order valence-corrected chi connectivity index (χ1v) is 9.76. The van der Waals surface area contributed by atoms with E-state index in [2.05, 4.69) is 31.6 Å². The van der Waals surface area contributed by atoms with E-state index < -0.39 is 0 Å². The summed E-state index contributed by atoms with van der Waals surface area (Å²) in [7, 11) is 0. The van der Waals surface area contributed by atoms with Crippen LogP contribution in [0.2, 0.25) is 0 Å². The van der Waals surface area contributed by atoms with Crippen LogP contribution in [-0.4, -0.2) is 50.8 Å². The zero-order valence-electron chi connectivity index (χ0n) is 15.4. The summed E-state index contributed by atoms with van der Waals surface area (Å²) in [5, 5.41) is 9.05. The monoisotopic (exact) mass is 358 g/mol. The van der Waals surface area contributed by atoms with Crippen molar-refractivity contribution in [3.63, 3.8) is 0 Å². The largest absolute Gasteiger partial charge is 0.354 e. The van der Waals surface area contributed by atoms with Crippen LogP contribution in [0.5, 0.6) is 0 Å². The zero-order chi connectivity index (χ0) is 17.9. The summed E-state index contributed by atoms with van der Waals surface area (Å²) in [5.41, 5.74) is 0. The van der Waals surface area contributed by atoms with Crippen LogP contribution in [0.4, 0.5) is 10.2 Å². The molecule has 7 heteroatoms. The van der Waals surface area contributed by atoms with Crippen molar-refractivity contribution in [2.45, 2.75) is 51.6 Å². The molecule has 0 spiro atoms. The molecule has 0 aliphatic carbocycles. The van der Waals surface area contributed by atoms with Gasteiger partial charge in [-0.2, -0.15) is 0 Å². The smallest absolute Gasteiger partial charge is 0.165 e. The average molecular weight is 358 g/mol. The van der Waals surface area contributed by atoms with Gasteiger partial charge in [0.05, 0.1) is 6.54 Å². The molecule has 6 nitrogen and oxygen atoms in total. The maximum absolute atomic E-state index is 14.0. The molecule has 140 valence electrons. The van der Waals surface area contributed by atoms with E-state index in [-0.39, 0.29) is 5.82 Å². The maximum atomic E-state index is 14.0. The second-order valence-corrected chi connectivity index (χ2v) is 7.27. The normalized spacial score (nSPS) is 19.4. The van der Waals surface area contributed by atoms with E-state index in [9.17, 15) is 4.39 Å². The van der Waals surface area contributed by atoms with Crippen molar-refractivity contribution in [2.75, 3.05) is 31.1 Å². The van der Waals surface area contributed by atoms with Gasteiger partial charge >= 0.3 is 0 Å². The van der Waals surface area contributed by atoms with Gasteiger partial charge in [0.25, 0.3) is 0 Å². The SMILES string of the molecule is CCn1c(CN2CCCC2)nnc1C1CCN(c2ncccc2F)CC1. The highest BCUT2D eigenvalue weighted by molar-refractivity contribution is 5.40. The molecule has 0 bridgehead atoms. The first-order chi connectivity index (χ1) is 12.8. The van der Waals surface area contributed by atoms with Gasteiger partial charge in [0.2, 0.25) is 0 Å². The topological polar surface area (TPSA) is 50.1 Å². The fraction of sp³-hybridized carbons (Fsp3) is 0.632. The molecule has 0 saturated carbocycles. The van der Waals surface area contributed by atoms with Crippen molar-refractivity contribution in [3.05, 3.63) is 35.8 Å². The Morgan fingerprint density at radius 1 is 1.12 bits per heavy atom. The number of halogens is 1. The molecule has 2 aromatic heterocycles. The Morgan fingerprint density at radius 2 is 1.88 bits per heavy atom. The van der Waals surface area contributed by atoms with E-state index >= 15 is 0 Å². The number of likely N-dealkylation sites (tertiary alicyclic amines) is 1. The number of nitrogens with zero attached hydrogens (tertiary/aromatic N) is 6. The van der Waals surface area contributed by atoms with Gasteiger partial charge in [-0.05, 0) is 57.8 Å². The first-order valence-electron chi connectivity index (χ1n) is 9.76. The van der Waals surface area contributed by atoms with Crippen molar-refractivity contribution in [3.8, 4) is 0 Å². The highest BCUT2D eigenvalue weighted by Gasteiger charge is 2.28. The summed E-state index contributed by atoms with van der Waals surface area (Å²) in [6, 6.07) is 3.12. The van der Waals surface area contributed by atoms with E-state index in [4.69, 9.17) is 0 Å². The summed E-state index contributed by atoms with van der Waals surface area (Å²) >= 11 is 0. The van der Waals surface area contributed by atoms with E-state index in [1.807, 2.05) is 4.90 Å². The molecular formula is C19H27FN6. The van der Waals surface area contributed by atoms with Gasteiger partial charge in [-0.25, -0.2) is 9.37 Å². The quantitative estimate of drug-likeness (QED) is 0.823. The van der Waals surface area contributed by atoms with Crippen LogP contribution in [0.3, 0.4) is 0 Å². The molecule has 2 saturated heterocycles. The molecule has 2 fully saturated rings. The van der Waals surface area contributed by atoms with Gasteiger partial charge in [0, 0.05) is 31.7 Å². The second kappa shape index (κ2) is 7.70. The number of piperidine rings is 1. The molecule has 0 N–H and O–H groups in total. The van der Waals surface area contributed by atoms with Crippen molar-refractivity contribution in [1.29, 1.82) is 0 Å². The Labute approximate surface area is 154 Å². The van der Waals surface area contributed by atoms with Crippen LogP contribution in [-0.2, 0) is 13.1 Å². The fourth-order valence-corrected chi connectivity index (χ4v) is 4.21. The summed E-state index contributed by atoms with van der Waals surface area (Å²) in [6.45, 7) is 7.91. The summed E-state index contributed by atoms with van der Waals surface area (Å²) < 4.78 is 16.3. The summed E-state index contributed by atoms with van der Waals surface area (Å²) in [6.07, 6.45) is 6.14. The number of aromatic nitrogens is 4. The van der Waals surface area contributed by atoms with Gasteiger partial charge < -0.3 is 9.47 Å². The van der Waals surface area contributed by atoms with Gasteiger partial charge in [-0.3, -0.25) is 4.90 Å². The lowest BCUT2D eigenvalue weighted by Crippen LogP contribution is -2.35. The Kier molecular flexibility index (Phi) is 5.15. The average Bonchev–Trinajstić information content (AvgIpc) is 3.32. The van der Waals surface area contributed by atoms with Crippen molar-refractivity contribution >= 4 is 5.82 Å². The third-order valence-electron chi connectivity index (χ3n) is 5.63. The second-order valence-electron chi connectivity index (χ2n) is 7.27. The lowest BCUT2D eigenvalue weighted by molar-refractivity contribution is 0.315. The van der Waals surface area contributed by atoms with Crippen LogP contribution in [0.15, 0.2) is 18.3 Å². The minimum atomic E-state index is -0.240. The first kappa shape index (κ1) is 17.4. The van der Waals surface area contributed by atoms with Gasteiger partial charge in [-0.15, -0.1) is 10.2 Å². The van der Waals surface area contributed by atoms with Crippen LogP contribution >= 0.6 is 0 Å². The number of rotatable bonds is 5. The number of pyridine rings is 1. The van der Waals surface area contributed by atoms with Gasteiger partial charge in [0.15, 0.2) is 11.6 Å². The van der Waals surface area contributed by atoms with E-state index in [0.29, 0.717) is 11.7 Å². The minimum absolute atomic E-state index is 0.240. The molecule has 2 aliphatic rings. The Hall–Kier alpha value is -2.02. The lowest BCUT2D eigenvalue weighted by Gasteiger charge is -2.32. The molecular weight excluding hydrogens is 331 g/mol. The highest BCUT2D eigenvalue weighted by Crippen LogP contribution is 2.30. The number of anilines is 1. The highest BCUT2D eigenvalue weighted by atomic mass is 19.1. The summed E-state index contributed by atoms with van der Waals surface area (Å²) in [5.74, 6) is 2.80. The molecule has 0 aromatic carbocycles. The predicted octanol–water partition coefficient (Wildman–Crippen LogP) is 2.81. The van der Waals surface area contributed by atoms with Crippen LogP contribution in [0.25, 0.3) is 0 Å². The van der Waals surface area contributed by atoms with Crippen LogP contribution in [0.1, 0.15) is 50.2 Å². The molecule has 4 rings (SSSR count). The third kappa shape index (κ3) is 3.45. The standard InChI is InChI=1S/C19H27FN6/c1-2-26-17(14-24-10-3-4-11-24)22-23-18(26)15-7-12-25(13-8-15)19-16(20)6-5-9-21-19/h5-6,9,15H,2-4,7-8,10-14H2,1H3. The Morgan fingerprint density at radius 3 is 2.58 bits per heavy atom. The van der Waals surface area contributed by atoms with Gasteiger partial charge in [-0.1, -0.05) is 0 Å². The lowest BCUT2D eigenvalue weighted by atomic mass is 9.96. The molecule has 0 unspecified atom stereocenters. The zero-order valence-corrected chi connectivity index (χ0v) is 15.4. The van der Waals surface area contributed by atoms with E-state index in [0.717, 1.165) is 50.7 Å². The minimum Gasteiger partial charge on any atom is -0.354 e. The number of hydrogen-bond acceptors (Lipinski definition) is 5. The molecule has 0 radical (unpaired) electrons. The fourth-order valence-electron chi connectivity index (χ4n) is 4.21. The van der Waals surface area contributed by atoms with Crippen LogP contribution < -0.4 is 4.90 Å². The maximum Gasteiger partial charge on any atom is 0.165 e. The molecule has 2 aromatic rings. The van der Waals surface area contributed by atoms with Crippen LogP contribution in [0, 0.1) is 5.82 Å². The van der Waals surface area contributed by atoms with E-state index in [1.165, 1.54) is 32.0 Å². The Bertz CT molecular complexity index is 731. The van der Waals surface area contributed by atoms with Crippen molar-refractivity contribution in [1.82, 2.24) is 24.6 Å². The number of hydrogen-bond donors (Lipinski definition) is 0. The van der Waals surface area contributed by atoms with Crippen molar-refractivity contribution in [2.24, 2.45) is 0 Å². The molecule has 26 heavy (non-hydrogen) atoms.